The van der Waals surface area contributed by atoms with E-state index in [1.807, 2.05) is 6.07 Å². The molecular formula is C11H12O. The molecule has 1 saturated carbocycles. The van der Waals surface area contributed by atoms with Crippen LogP contribution in [-0.2, 0) is 4.79 Å². The lowest BCUT2D eigenvalue weighted by Gasteiger charge is -2.06. The molecule has 0 saturated heterocycles. The third-order valence-corrected chi connectivity index (χ3v) is 2.06. The molecule has 2 rings (SSSR count). The fourth-order valence-electron chi connectivity index (χ4n) is 1.44. The molecule has 1 unspecified atom stereocenters. The van der Waals surface area contributed by atoms with Gasteiger partial charge in [-0.1, -0.05) is 30.3 Å². The van der Waals surface area contributed by atoms with E-state index in [9.17, 15) is 4.79 Å². The maximum Gasteiger partial charge on any atom is 0.140 e. The minimum absolute atomic E-state index is 0.143. The average Bonchev–Trinajstić information content (AvgIpc) is 2.45. The van der Waals surface area contributed by atoms with Gasteiger partial charge in [0.1, 0.15) is 5.78 Å². The third-order valence-electron chi connectivity index (χ3n) is 2.06. The second kappa shape index (κ2) is 3.10. The Balaban J connectivity index is 2.42. The SMILES string of the molecule is [2H]C1([2H])CCC([2H])(c2ccccc2)C1=O. The number of ketones is 1. The molecule has 0 radical (unpaired) electrons. The van der Waals surface area contributed by atoms with Crippen LogP contribution in [0.5, 0.6) is 0 Å². The summed E-state index contributed by atoms with van der Waals surface area (Å²) >= 11 is 0. The van der Waals surface area contributed by atoms with Crippen LogP contribution in [0.25, 0.3) is 0 Å². The van der Waals surface area contributed by atoms with Crippen molar-refractivity contribution in [3.05, 3.63) is 35.9 Å². The minimum atomic E-state index is -1.84. The van der Waals surface area contributed by atoms with Crippen molar-refractivity contribution in [1.82, 2.24) is 0 Å². The van der Waals surface area contributed by atoms with E-state index < -0.39 is 18.1 Å². The summed E-state index contributed by atoms with van der Waals surface area (Å²) in [6.07, 6.45) is -1.43. The lowest BCUT2D eigenvalue weighted by Crippen LogP contribution is -2.03. The van der Waals surface area contributed by atoms with Gasteiger partial charge in [0.25, 0.3) is 0 Å². The summed E-state index contributed by atoms with van der Waals surface area (Å²) in [5, 5.41) is 0. The topological polar surface area (TPSA) is 17.1 Å². The molecule has 0 aliphatic heterocycles. The predicted octanol–water partition coefficient (Wildman–Crippen LogP) is 2.52. The van der Waals surface area contributed by atoms with Crippen molar-refractivity contribution in [1.29, 1.82) is 0 Å². The molecule has 1 aromatic rings. The molecule has 62 valence electrons. The highest BCUT2D eigenvalue weighted by molar-refractivity contribution is 5.87. The quantitative estimate of drug-likeness (QED) is 0.621. The number of hydrogen-bond acceptors (Lipinski definition) is 1. The summed E-state index contributed by atoms with van der Waals surface area (Å²) in [4.78, 5) is 11.8. The molecule has 1 atom stereocenters. The first-order valence-electron chi connectivity index (χ1n) is 5.57. The molecule has 1 fully saturated rings. The molecule has 0 bridgehead atoms. The Kier molecular flexibility index (Phi) is 1.24. The maximum atomic E-state index is 11.8. The van der Waals surface area contributed by atoms with Crippen molar-refractivity contribution in [3.8, 4) is 0 Å². The molecule has 0 spiro atoms. The zero-order chi connectivity index (χ0) is 11.1. The lowest BCUT2D eigenvalue weighted by molar-refractivity contribution is -0.118. The van der Waals surface area contributed by atoms with E-state index in [2.05, 4.69) is 0 Å². The second-order valence-corrected chi connectivity index (χ2v) is 2.85. The highest BCUT2D eigenvalue weighted by atomic mass is 16.1. The standard InChI is InChI=1S/C11H12O/c12-11-8-4-7-10(11)9-5-2-1-3-6-9/h1-3,5-6,10H,4,7-8H2/i8D2,10D. The Labute approximate surface area is 76.6 Å². The highest BCUT2D eigenvalue weighted by Crippen LogP contribution is 2.30. The molecule has 0 heterocycles. The Hall–Kier alpha value is -1.11. The van der Waals surface area contributed by atoms with Gasteiger partial charge in [-0.05, 0) is 18.4 Å². The molecular weight excluding hydrogens is 148 g/mol. The van der Waals surface area contributed by atoms with Gasteiger partial charge in [0.15, 0.2) is 0 Å². The van der Waals surface area contributed by atoms with Gasteiger partial charge >= 0.3 is 0 Å². The Morgan fingerprint density at radius 3 is 2.75 bits per heavy atom. The second-order valence-electron chi connectivity index (χ2n) is 2.85. The van der Waals surface area contributed by atoms with Crippen molar-refractivity contribution >= 4 is 5.78 Å². The Morgan fingerprint density at radius 1 is 1.42 bits per heavy atom. The normalized spacial score (nSPS) is 37.0. The van der Waals surface area contributed by atoms with Gasteiger partial charge < -0.3 is 0 Å². The number of benzene rings is 1. The van der Waals surface area contributed by atoms with Crippen LogP contribution >= 0.6 is 0 Å². The van der Waals surface area contributed by atoms with Crippen LogP contribution in [0.1, 0.15) is 34.8 Å². The number of carbonyl (C=O) groups is 1. The molecule has 1 heteroatoms. The van der Waals surface area contributed by atoms with Gasteiger partial charge in [0.2, 0.25) is 0 Å². The van der Waals surface area contributed by atoms with Crippen LogP contribution in [0.3, 0.4) is 0 Å². The Morgan fingerprint density at radius 2 is 2.17 bits per heavy atom. The van der Waals surface area contributed by atoms with Gasteiger partial charge in [-0.3, -0.25) is 4.79 Å². The zero-order valence-electron chi connectivity index (χ0n) is 9.71. The van der Waals surface area contributed by atoms with Gasteiger partial charge in [0.05, 0.1) is 0 Å². The first kappa shape index (κ1) is 4.80. The van der Waals surface area contributed by atoms with Crippen LogP contribution in [-0.4, -0.2) is 5.78 Å². The molecule has 1 aromatic carbocycles. The maximum absolute atomic E-state index is 11.8. The number of carbonyl (C=O) groups excluding carboxylic acids is 1. The van der Waals surface area contributed by atoms with Crippen molar-refractivity contribution in [3.63, 3.8) is 0 Å². The van der Waals surface area contributed by atoms with Crippen molar-refractivity contribution in [2.45, 2.75) is 25.1 Å². The van der Waals surface area contributed by atoms with E-state index in [1.54, 1.807) is 24.3 Å². The average molecular weight is 163 g/mol. The van der Waals surface area contributed by atoms with Crippen molar-refractivity contribution < 1.29 is 8.91 Å². The number of Topliss-reactive ketones (excluding diaryl/α,β-unsaturated/α-hetero) is 1. The monoisotopic (exact) mass is 163 g/mol. The summed E-state index contributed by atoms with van der Waals surface area (Å²) in [5.74, 6) is -1.99. The molecule has 12 heavy (non-hydrogen) atoms. The van der Waals surface area contributed by atoms with Crippen LogP contribution in [0, 0.1) is 0 Å². The lowest BCUT2D eigenvalue weighted by atomic mass is 9.97. The van der Waals surface area contributed by atoms with Crippen LogP contribution < -0.4 is 0 Å². The zero-order valence-corrected chi connectivity index (χ0v) is 6.71. The Bertz CT molecular complexity index is 388. The predicted molar refractivity (Wildman–Crippen MR) is 48.0 cm³/mol. The number of hydrogen-bond donors (Lipinski definition) is 0. The molecule has 1 aliphatic carbocycles. The summed E-state index contributed by atoms with van der Waals surface area (Å²) in [6, 6.07) is 8.79. The fourth-order valence-corrected chi connectivity index (χ4v) is 1.44. The largest absolute Gasteiger partial charge is 0.299 e. The molecule has 0 N–H and O–H groups in total. The molecule has 0 amide bonds. The first-order chi connectivity index (χ1) is 6.97. The van der Waals surface area contributed by atoms with Gasteiger partial charge in [-0.2, -0.15) is 0 Å². The molecule has 1 nitrogen and oxygen atoms in total. The summed E-state index contributed by atoms with van der Waals surface area (Å²) in [7, 11) is 0. The third kappa shape index (κ3) is 1.27. The van der Waals surface area contributed by atoms with E-state index in [4.69, 9.17) is 4.11 Å². The minimum Gasteiger partial charge on any atom is -0.299 e. The van der Waals surface area contributed by atoms with Gasteiger partial charge in [0, 0.05) is 16.4 Å². The highest BCUT2D eigenvalue weighted by Gasteiger charge is 2.25. The van der Waals surface area contributed by atoms with E-state index in [0.29, 0.717) is 5.56 Å². The molecule has 0 aromatic heterocycles. The fraction of sp³-hybridized carbons (Fsp3) is 0.364. The van der Waals surface area contributed by atoms with E-state index >= 15 is 0 Å². The molecule has 1 aliphatic rings. The van der Waals surface area contributed by atoms with Crippen molar-refractivity contribution in [2.24, 2.45) is 0 Å². The van der Waals surface area contributed by atoms with Crippen LogP contribution in [0.15, 0.2) is 30.3 Å². The van der Waals surface area contributed by atoms with E-state index in [-0.39, 0.29) is 12.8 Å². The van der Waals surface area contributed by atoms with Crippen molar-refractivity contribution in [2.75, 3.05) is 0 Å². The summed E-state index contributed by atoms with van der Waals surface area (Å²) in [6.45, 7) is 0. The summed E-state index contributed by atoms with van der Waals surface area (Å²) < 4.78 is 23.1. The summed E-state index contributed by atoms with van der Waals surface area (Å²) in [5.41, 5.74) is 0.594. The number of rotatable bonds is 1. The smallest absolute Gasteiger partial charge is 0.140 e. The van der Waals surface area contributed by atoms with Gasteiger partial charge in [-0.25, -0.2) is 0 Å². The van der Waals surface area contributed by atoms with Crippen LogP contribution in [0.2, 0.25) is 0 Å². The van der Waals surface area contributed by atoms with E-state index in [1.165, 1.54) is 0 Å². The van der Waals surface area contributed by atoms with E-state index in [0.717, 1.165) is 0 Å². The van der Waals surface area contributed by atoms with Crippen LogP contribution in [0.4, 0.5) is 0 Å². The first-order valence-corrected chi connectivity index (χ1v) is 4.07. The van der Waals surface area contributed by atoms with Gasteiger partial charge in [-0.15, -0.1) is 0 Å².